The Balaban J connectivity index is 1.67. The fourth-order valence-corrected chi connectivity index (χ4v) is 2.51. The average Bonchev–Trinajstić information content (AvgIpc) is 2.58. The highest BCUT2D eigenvalue weighted by atomic mass is 79.9. The molecule has 0 radical (unpaired) electrons. The number of halogens is 1. The lowest BCUT2D eigenvalue weighted by atomic mass is 10.1. The number of anilines is 3. The lowest BCUT2D eigenvalue weighted by Gasteiger charge is -2.09. The Bertz CT molecular complexity index is 831. The third-order valence-electron chi connectivity index (χ3n) is 3.66. The van der Waals surface area contributed by atoms with E-state index in [0.717, 1.165) is 28.1 Å². The Labute approximate surface area is 150 Å². The van der Waals surface area contributed by atoms with Crippen molar-refractivity contribution in [3.63, 3.8) is 0 Å². The monoisotopic (exact) mass is 382 g/mol. The van der Waals surface area contributed by atoms with E-state index in [-0.39, 0.29) is 0 Å². The van der Waals surface area contributed by atoms with E-state index in [9.17, 15) is 0 Å². The molecule has 0 bridgehead atoms. The minimum atomic E-state index is 0.575. The van der Waals surface area contributed by atoms with Crippen molar-refractivity contribution in [3.8, 4) is 0 Å². The molecule has 5 heteroatoms. The molecule has 122 valence electrons. The molecule has 2 N–H and O–H groups in total. The molecule has 1 heterocycles. The van der Waals surface area contributed by atoms with E-state index in [1.54, 1.807) is 6.20 Å². The van der Waals surface area contributed by atoms with Crippen LogP contribution < -0.4 is 10.6 Å². The maximum Gasteiger partial charge on any atom is 0.229 e. The number of nitrogens with one attached hydrogen (secondary N) is 2. The van der Waals surface area contributed by atoms with Crippen LogP contribution in [0.2, 0.25) is 0 Å². The van der Waals surface area contributed by atoms with Crippen molar-refractivity contribution in [3.05, 3.63) is 75.9 Å². The third kappa shape index (κ3) is 4.32. The predicted molar refractivity (Wildman–Crippen MR) is 103 cm³/mol. The second kappa shape index (κ2) is 7.45. The second-order valence-electron chi connectivity index (χ2n) is 5.69. The first-order valence-corrected chi connectivity index (χ1v) is 8.55. The van der Waals surface area contributed by atoms with Gasteiger partial charge in [-0.15, -0.1) is 0 Å². The van der Waals surface area contributed by atoms with Crippen LogP contribution in [-0.4, -0.2) is 9.97 Å². The molecule has 0 saturated carbocycles. The van der Waals surface area contributed by atoms with Gasteiger partial charge in [0.2, 0.25) is 5.95 Å². The molecule has 0 amide bonds. The van der Waals surface area contributed by atoms with Crippen molar-refractivity contribution < 1.29 is 0 Å². The highest BCUT2D eigenvalue weighted by molar-refractivity contribution is 9.10. The van der Waals surface area contributed by atoms with E-state index in [1.807, 2.05) is 18.2 Å². The van der Waals surface area contributed by atoms with Gasteiger partial charge in [0.05, 0.1) is 0 Å². The SMILES string of the molecule is Cc1ccc(CNc2ccnc(Nc3ccc(Br)c(C)c3)n2)cc1. The number of benzene rings is 2. The highest BCUT2D eigenvalue weighted by Gasteiger charge is 2.02. The zero-order valence-corrected chi connectivity index (χ0v) is 15.3. The van der Waals surface area contributed by atoms with Crippen molar-refractivity contribution in [2.75, 3.05) is 10.6 Å². The number of rotatable bonds is 5. The van der Waals surface area contributed by atoms with E-state index in [1.165, 1.54) is 11.1 Å². The van der Waals surface area contributed by atoms with E-state index in [2.05, 4.69) is 80.7 Å². The Morgan fingerprint density at radius 2 is 1.79 bits per heavy atom. The zero-order chi connectivity index (χ0) is 16.9. The molecule has 2 aromatic carbocycles. The van der Waals surface area contributed by atoms with Crippen LogP contribution in [0.1, 0.15) is 16.7 Å². The summed E-state index contributed by atoms with van der Waals surface area (Å²) in [5.41, 5.74) is 4.61. The molecule has 24 heavy (non-hydrogen) atoms. The molecule has 0 aliphatic rings. The van der Waals surface area contributed by atoms with Crippen molar-refractivity contribution in [2.45, 2.75) is 20.4 Å². The van der Waals surface area contributed by atoms with Gasteiger partial charge in [0.1, 0.15) is 5.82 Å². The third-order valence-corrected chi connectivity index (χ3v) is 4.55. The van der Waals surface area contributed by atoms with Crippen LogP contribution in [0.25, 0.3) is 0 Å². The molecule has 0 fully saturated rings. The molecule has 3 rings (SSSR count). The van der Waals surface area contributed by atoms with E-state index in [4.69, 9.17) is 0 Å². The van der Waals surface area contributed by atoms with Crippen molar-refractivity contribution in [1.82, 2.24) is 9.97 Å². The van der Waals surface area contributed by atoms with Gasteiger partial charge < -0.3 is 10.6 Å². The Hall–Kier alpha value is -2.40. The van der Waals surface area contributed by atoms with Crippen LogP contribution in [0.4, 0.5) is 17.5 Å². The van der Waals surface area contributed by atoms with Gasteiger partial charge >= 0.3 is 0 Å². The largest absolute Gasteiger partial charge is 0.366 e. The van der Waals surface area contributed by atoms with Gasteiger partial charge in [0.15, 0.2) is 0 Å². The number of nitrogens with zero attached hydrogens (tertiary/aromatic N) is 2. The van der Waals surface area contributed by atoms with Crippen LogP contribution in [0.5, 0.6) is 0 Å². The van der Waals surface area contributed by atoms with Crippen molar-refractivity contribution in [2.24, 2.45) is 0 Å². The zero-order valence-electron chi connectivity index (χ0n) is 13.7. The van der Waals surface area contributed by atoms with Gasteiger partial charge in [-0.2, -0.15) is 4.98 Å². The smallest absolute Gasteiger partial charge is 0.229 e. The Morgan fingerprint density at radius 1 is 1.00 bits per heavy atom. The predicted octanol–water partition coefficient (Wildman–Crippen LogP) is 5.21. The van der Waals surface area contributed by atoms with Gasteiger partial charge in [-0.25, -0.2) is 4.98 Å². The molecule has 0 unspecified atom stereocenters. The van der Waals surface area contributed by atoms with Crippen LogP contribution in [0, 0.1) is 13.8 Å². The summed E-state index contributed by atoms with van der Waals surface area (Å²) < 4.78 is 1.09. The van der Waals surface area contributed by atoms with E-state index in [0.29, 0.717) is 5.95 Å². The first kappa shape index (κ1) is 16.5. The fraction of sp³-hybridized carbons (Fsp3) is 0.158. The molecular weight excluding hydrogens is 364 g/mol. The molecule has 1 aromatic heterocycles. The van der Waals surface area contributed by atoms with Crippen LogP contribution in [-0.2, 0) is 6.54 Å². The molecule has 0 spiro atoms. The number of hydrogen-bond donors (Lipinski definition) is 2. The minimum absolute atomic E-state index is 0.575. The van der Waals surface area contributed by atoms with Crippen molar-refractivity contribution >= 4 is 33.4 Å². The van der Waals surface area contributed by atoms with Crippen molar-refractivity contribution in [1.29, 1.82) is 0 Å². The molecular formula is C19H19BrN4. The quantitative estimate of drug-likeness (QED) is 0.635. The van der Waals surface area contributed by atoms with Gasteiger partial charge in [0, 0.05) is 22.9 Å². The van der Waals surface area contributed by atoms with Gasteiger partial charge in [-0.1, -0.05) is 45.8 Å². The maximum atomic E-state index is 4.51. The first-order chi connectivity index (χ1) is 11.6. The number of aryl methyl sites for hydroxylation is 2. The van der Waals surface area contributed by atoms with Crippen LogP contribution >= 0.6 is 15.9 Å². The van der Waals surface area contributed by atoms with Crippen LogP contribution in [0.15, 0.2) is 59.2 Å². The summed E-state index contributed by atoms with van der Waals surface area (Å²) >= 11 is 3.50. The first-order valence-electron chi connectivity index (χ1n) is 7.76. The molecule has 0 aliphatic heterocycles. The summed E-state index contributed by atoms with van der Waals surface area (Å²) in [6, 6.07) is 16.4. The molecule has 0 saturated heterocycles. The highest BCUT2D eigenvalue weighted by Crippen LogP contribution is 2.22. The van der Waals surface area contributed by atoms with E-state index >= 15 is 0 Å². The van der Waals surface area contributed by atoms with E-state index < -0.39 is 0 Å². The lowest BCUT2D eigenvalue weighted by Crippen LogP contribution is -2.04. The summed E-state index contributed by atoms with van der Waals surface area (Å²) in [5, 5.41) is 6.56. The minimum Gasteiger partial charge on any atom is -0.366 e. The molecule has 4 nitrogen and oxygen atoms in total. The number of hydrogen-bond acceptors (Lipinski definition) is 4. The average molecular weight is 383 g/mol. The standard InChI is InChI=1S/C19H19BrN4/c1-13-3-5-15(6-4-13)12-22-18-9-10-21-19(24-18)23-16-7-8-17(20)14(2)11-16/h3-11H,12H2,1-2H3,(H2,21,22,23,24). The van der Waals surface area contributed by atoms with Crippen LogP contribution in [0.3, 0.4) is 0 Å². The summed E-state index contributed by atoms with van der Waals surface area (Å²) in [6.45, 7) is 4.87. The van der Waals surface area contributed by atoms with Gasteiger partial charge in [-0.3, -0.25) is 0 Å². The van der Waals surface area contributed by atoms with Gasteiger partial charge in [-0.05, 0) is 49.2 Å². The topological polar surface area (TPSA) is 49.8 Å². The molecule has 0 atom stereocenters. The molecule has 3 aromatic rings. The maximum absolute atomic E-state index is 4.51. The number of aromatic nitrogens is 2. The Kier molecular flexibility index (Phi) is 5.11. The normalized spacial score (nSPS) is 10.5. The summed E-state index contributed by atoms with van der Waals surface area (Å²) in [6.07, 6.45) is 1.75. The summed E-state index contributed by atoms with van der Waals surface area (Å²) in [5.74, 6) is 1.37. The molecule has 0 aliphatic carbocycles. The lowest BCUT2D eigenvalue weighted by molar-refractivity contribution is 1.08. The fourth-order valence-electron chi connectivity index (χ4n) is 2.27. The second-order valence-corrected chi connectivity index (χ2v) is 6.55. The van der Waals surface area contributed by atoms with Gasteiger partial charge in [0.25, 0.3) is 0 Å². The Morgan fingerprint density at radius 3 is 2.54 bits per heavy atom. The summed E-state index contributed by atoms with van der Waals surface area (Å²) in [7, 11) is 0. The summed E-state index contributed by atoms with van der Waals surface area (Å²) in [4.78, 5) is 8.79.